The third-order valence-corrected chi connectivity index (χ3v) is 8.15. The van der Waals surface area contributed by atoms with E-state index in [2.05, 4.69) is 26.1 Å². The number of nitrogens with one attached hydrogen (secondary N) is 1. The summed E-state index contributed by atoms with van der Waals surface area (Å²) in [5, 5.41) is 3.08. The quantitative estimate of drug-likeness (QED) is 0.519. The van der Waals surface area contributed by atoms with Gasteiger partial charge in [-0.15, -0.1) is 0 Å². The van der Waals surface area contributed by atoms with Crippen LogP contribution in [0.4, 0.5) is 5.69 Å². The summed E-state index contributed by atoms with van der Waals surface area (Å²) in [5.41, 5.74) is 3.33. The minimum Gasteiger partial charge on any atom is -0.352 e. The SMILES string of the molecule is Cc1cccc(CN(C(=O)CN(c2ccc(C(C)(C)C)cc2)S(C)(=O)=O)[C@@H](C)C(=O)NC2CCCC2)c1. The number of sulfonamides is 1. The molecule has 2 amide bonds. The monoisotopic (exact) mass is 527 g/mol. The second-order valence-electron chi connectivity index (χ2n) is 11.2. The van der Waals surface area contributed by atoms with Crippen molar-refractivity contribution >= 4 is 27.5 Å². The predicted molar refractivity (Wildman–Crippen MR) is 149 cm³/mol. The Morgan fingerprint density at radius 3 is 2.22 bits per heavy atom. The van der Waals surface area contributed by atoms with E-state index < -0.39 is 22.0 Å². The van der Waals surface area contributed by atoms with Gasteiger partial charge in [-0.25, -0.2) is 8.42 Å². The fourth-order valence-electron chi connectivity index (χ4n) is 4.72. The van der Waals surface area contributed by atoms with Crippen LogP contribution in [0.5, 0.6) is 0 Å². The molecule has 0 heterocycles. The minimum absolute atomic E-state index is 0.0863. The highest BCUT2D eigenvalue weighted by atomic mass is 32.2. The first kappa shape index (κ1) is 28.7. The summed E-state index contributed by atoms with van der Waals surface area (Å²) < 4.78 is 26.7. The summed E-state index contributed by atoms with van der Waals surface area (Å²) in [7, 11) is -3.75. The highest BCUT2D eigenvalue weighted by molar-refractivity contribution is 7.92. The Kier molecular flexibility index (Phi) is 9.05. The van der Waals surface area contributed by atoms with Gasteiger partial charge < -0.3 is 10.2 Å². The van der Waals surface area contributed by atoms with Crippen LogP contribution < -0.4 is 9.62 Å². The average Bonchev–Trinajstić information content (AvgIpc) is 3.32. The third-order valence-electron chi connectivity index (χ3n) is 7.00. The zero-order valence-electron chi connectivity index (χ0n) is 23.0. The molecule has 8 heteroatoms. The molecule has 0 saturated heterocycles. The number of benzene rings is 2. The average molecular weight is 528 g/mol. The second-order valence-corrected chi connectivity index (χ2v) is 13.1. The number of anilines is 1. The maximum absolute atomic E-state index is 13.7. The van der Waals surface area contributed by atoms with E-state index in [1.54, 1.807) is 19.1 Å². The molecule has 1 saturated carbocycles. The Hall–Kier alpha value is -2.87. The van der Waals surface area contributed by atoms with Crippen molar-refractivity contribution in [1.29, 1.82) is 0 Å². The summed E-state index contributed by atoms with van der Waals surface area (Å²) >= 11 is 0. The van der Waals surface area contributed by atoms with Crippen LogP contribution in [0.25, 0.3) is 0 Å². The van der Waals surface area contributed by atoms with Crippen molar-refractivity contribution < 1.29 is 18.0 Å². The number of hydrogen-bond donors (Lipinski definition) is 1. The van der Waals surface area contributed by atoms with E-state index in [0.29, 0.717) is 5.69 Å². The molecular formula is C29H41N3O4S. The van der Waals surface area contributed by atoms with E-state index in [-0.39, 0.29) is 30.5 Å². The summed E-state index contributed by atoms with van der Waals surface area (Å²) in [6.07, 6.45) is 5.15. The van der Waals surface area contributed by atoms with Crippen molar-refractivity contribution in [2.45, 2.75) is 84.3 Å². The number of hydrogen-bond acceptors (Lipinski definition) is 4. The molecule has 0 aromatic heterocycles. The van der Waals surface area contributed by atoms with Crippen LogP contribution in [0, 0.1) is 6.92 Å². The van der Waals surface area contributed by atoms with Gasteiger partial charge in [0.05, 0.1) is 11.9 Å². The number of carbonyl (C=O) groups excluding carboxylic acids is 2. The van der Waals surface area contributed by atoms with Crippen LogP contribution in [-0.4, -0.2) is 50.0 Å². The molecule has 37 heavy (non-hydrogen) atoms. The van der Waals surface area contributed by atoms with Crippen LogP contribution in [0.1, 0.15) is 70.1 Å². The Bertz CT molecular complexity index is 1200. The van der Waals surface area contributed by atoms with E-state index in [1.807, 2.05) is 43.3 Å². The number of nitrogens with zero attached hydrogens (tertiary/aromatic N) is 2. The van der Waals surface area contributed by atoms with Gasteiger partial charge in [0.15, 0.2) is 0 Å². The number of rotatable bonds is 9. The van der Waals surface area contributed by atoms with Crippen LogP contribution in [0.2, 0.25) is 0 Å². The van der Waals surface area contributed by atoms with Crippen molar-refractivity contribution in [3.8, 4) is 0 Å². The molecule has 7 nitrogen and oxygen atoms in total. The molecule has 1 aliphatic rings. The molecule has 1 fully saturated rings. The van der Waals surface area contributed by atoms with Gasteiger partial charge in [0, 0.05) is 12.6 Å². The molecule has 2 aromatic rings. The first-order chi connectivity index (χ1) is 17.3. The maximum atomic E-state index is 13.7. The van der Waals surface area contributed by atoms with Gasteiger partial charge in [-0.3, -0.25) is 13.9 Å². The van der Waals surface area contributed by atoms with Crippen molar-refractivity contribution in [3.63, 3.8) is 0 Å². The van der Waals surface area contributed by atoms with Crippen molar-refractivity contribution in [2.75, 3.05) is 17.1 Å². The van der Waals surface area contributed by atoms with E-state index in [9.17, 15) is 18.0 Å². The number of amides is 2. The highest BCUT2D eigenvalue weighted by Gasteiger charge is 2.31. The molecule has 0 radical (unpaired) electrons. The molecule has 0 spiro atoms. The highest BCUT2D eigenvalue weighted by Crippen LogP contribution is 2.26. The van der Waals surface area contributed by atoms with Crippen molar-refractivity contribution in [1.82, 2.24) is 10.2 Å². The van der Waals surface area contributed by atoms with Gasteiger partial charge in [-0.1, -0.05) is 75.6 Å². The van der Waals surface area contributed by atoms with E-state index in [1.165, 1.54) is 4.90 Å². The van der Waals surface area contributed by atoms with Crippen LogP contribution >= 0.6 is 0 Å². The lowest BCUT2D eigenvalue weighted by Crippen LogP contribution is -2.52. The lowest BCUT2D eigenvalue weighted by atomic mass is 9.87. The Labute approximate surface area is 222 Å². The van der Waals surface area contributed by atoms with Crippen LogP contribution in [0.15, 0.2) is 48.5 Å². The van der Waals surface area contributed by atoms with Gasteiger partial charge in [-0.05, 0) is 55.4 Å². The largest absolute Gasteiger partial charge is 0.352 e. The smallest absolute Gasteiger partial charge is 0.244 e. The Balaban J connectivity index is 1.88. The zero-order chi connectivity index (χ0) is 27.4. The summed E-state index contributed by atoms with van der Waals surface area (Å²) in [6, 6.07) is 14.4. The van der Waals surface area contributed by atoms with Gasteiger partial charge >= 0.3 is 0 Å². The predicted octanol–water partition coefficient (Wildman–Crippen LogP) is 4.53. The molecule has 202 valence electrons. The Morgan fingerprint density at radius 2 is 1.68 bits per heavy atom. The molecule has 0 aliphatic heterocycles. The van der Waals surface area contributed by atoms with Gasteiger partial charge in [-0.2, -0.15) is 0 Å². The lowest BCUT2D eigenvalue weighted by molar-refractivity contribution is -0.139. The third kappa shape index (κ3) is 7.81. The summed E-state index contributed by atoms with van der Waals surface area (Å²) in [5.74, 6) is -0.644. The Morgan fingerprint density at radius 1 is 1.05 bits per heavy atom. The van der Waals surface area contributed by atoms with Crippen LogP contribution in [-0.2, 0) is 31.6 Å². The fraction of sp³-hybridized carbons (Fsp3) is 0.517. The van der Waals surface area contributed by atoms with E-state index in [0.717, 1.165) is 52.9 Å². The minimum atomic E-state index is -3.75. The van der Waals surface area contributed by atoms with Crippen molar-refractivity contribution in [2.24, 2.45) is 0 Å². The topological polar surface area (TPSA) is 86.8 Å². The number of carbonyl (C=O) groups is 2. The zero-order valence-corrected chi connectivity index (χ0v) is 23.8. The molecule has 0 unspecified atom stereocenters. The second kappa shape index (κ2) is 11.7. The van der Waals surface area contributed by atoms with Gasteiger partial charge in [0.25, 0.3) is 0 Å². The summed E-state index contributed by atoms with van der Waals surface area (Å²) in [4.78, 5) is 28.3. The van der Waals surface area contributed by atoms with Gasteiger partial charge in [0.2, 0.25) is 21.8 Å². The first-order valence-corrected chi connectivity index (χ1v) is 14.8. The number of aryl methyl sites for hydroxylation is 1. The molecule has 2 aromatic carbocycles. The molecule has 1 atom stereocenters. The van der Waals surface area contributed by atoms with Gasteiger partial charge in [0.1, 0.15) is 12.6 Å². The van der Waals surface area contributed by atoms with E-state index in [4.69, 9.17) is 0 Å². The maximum Gasteiger partial charge on any atom is 0.244 e. The van der Waals surface area contributed by atoms with Crippen LogP contribution in [0.3, 0.4) is 0 Å². The molecule has 1 aliphatic carbocycles. The normalized spacial score (nSPS) is 15.3. The standard InChI is InChI=1S/C29H41N3O4S/c1-21-10-9-11-23(18-21)19-31(22(2)28(34)30-25-12-7-8-13-25)27(33)20-32(37(6,35)36)26-16-14-24(15-17-26)29(3,4)5/h9-11,14-18,22,25H,7-8,12-13,19-20H2,1-6H3,(H,30,34)/t22-/m0/s1. The molecule has 1 N–H and O–H groups in total. The van der Waals surface area contributed by atoms with E-state index >= 15 is 0 Å². The molecule has 0 bridgehead atoms. The summed E-state index contributed by atoms with van der Waals surface area (Å²) in [6.45, 7) is 9.75. The lowest BCUT2D eigenvalue weighted by Gasteiger charge is -2.32. The molecule has 3 rings (SSSR count). The molecular weight excluding hydrogens is 486 g/mol. The van der Waals surface area contributed by atoms with Crippen molar-refractivity contribution in [3.05, 3.63) is 65.2 Å². The first-order valence-electron chi connectivity index (χ1n) is 13.0. The fourth-order valence-corrected chi connectivity index (χ4v) is 5.57.